The Morgan fingerprint density at radius 3 is 1.55 bits per heavy atom. The fourth-order valence-corrected chi connectivity index (χ4v) is 1.63. The highest BCUT2D eigenvalue weighted by Crippen LogP contribution is 2.28. The van der Waals surface area contributed by atoms with Gasteiger partial charge in [-0.3, -0.25) is 0 Å². The van der Waals surface area contributed by atoms with E-state index in [4.69, 9.17) is 20.0 Å². The van der Waals surface area contributed by atoms with E-state index in [1.807, 2.05) is 0 Å². The van der Waals surface area contributed by atoms with Crippen LogP contribution in [0.2, 0.25) is 0 Å². The highest BCUT2D eigenvalue weighted by Gasteiger charge is 2.12. The van der Waals surface area contributed by atoms with E-state index in [0.717, 1.165) is 25.7 Å². The van der Waals surface area contributed by atoms with Gasteiger partial charge in [-0.25, -0.2) is 0 Å². The summed E-state index contributed by atoms with van der Waals surface area (Å²) in [6.45, 7) is 5.23. The molecule has 106 valence electrons. The molecular formula is C16H20N2O2. The zero-order valence-corrected chi connectivity index (χ0v) is 12.1. The van der Waals surface area contributed by atoms with Crippen LogP contribution in [0.5, 0.6) is 11.5 Å². The number of hydrogen-bond acceptors (Lipinski definition) is 4. The average Bonchev–Trinajstić information content (AvgIpc) is 2.48. The van der Waals surface area contributed by atoms with E-state index in [2.05, 4.69) is 26.0 Å². The van der Waals surface area contributed by atoms with E-state index in [1.165, 1.54) is 0 Å². The van der Waals surface area contributed by atoms with Crippen LogP contribution >= 0.6 is 0 Å². The van der Waals surface area contributed by atoms with Crippen molar-refractivity contribution in [2.45, 2.75) is 39.5 Å². The molecule has 0 N–H and O–H groups in total. The van der Waals surface area contributed by atoms with E-state index < -0.39 is 0 Å². The molecule has 0 aliphatic heterocycles. The molecule has 1 aromatic rings. The maximum Gasteiger partial charge on any atom is 0.138 e. The van der Waals surface area contributed by atoms with Gasteiger partial charge in [0.05, 0.1) is 24.3 Å². The van der Waals surface area contributed by atoms with E-state index >= 15 is 0 Å². The third-order valence-corrected chi connectivity index (χ3v) is 2.83. The molecular weight excluding hydrogens is 252 g/mol. The van der Waals surface area contributed by atoms with Crippen molar-refractivity contribution in [3.63, 3.8) is 0 Å². The van der Waals surface area contributed by atoms with Gasteiger partial charge in [-0.05, 0) is 12.8 Å². The van der Waals surface area contributed by atoms with Gasteiger partial charge in [-0.1, -0.05) is 26.7 Å². The summed E-state index contributed by atoms with van der Waals surface area (Å²) in [7, 11) is 0. The lowest BCUT2D eigenvalue weighted by molar-refractivity contribution is 0.299. The quantitative estimate of drug-likeness (QED) is 0.675. The summed E-state index contributed by atoms with van der Waals surface area (Å²) in [5.74, 6) is 0.917. The van der Waals surface area contributed by atoms with Crippen molar-refractivity contribution in [2.75, 3.05) is 13.2 Å². The van der Waals surface area contributed by atoms with Crippen molar-refractivity contribution < 1.29 is 9.47 Å². The lowest BCUT2D eigenvalue weighted by Crippen LogP contribution is -2.02. The first-order chi connectivity index (χ1) is 9.76. The predicted octanol–water partition coefficient (Wildman–Crippen LogP) is 3.79. The van der Waals surface area contributed by atoms with Gasteiger partial charge in [0.1, 0.15) is 23.6 Å². The second-order valence-electron chi connectivity index (χ2n) is 4.47. The summed E-state index contributed by atoms with van der Waals surface area (Å²) in [4.78, 5) is 0. The molecule has 0 aromatic heterocycles. The third kappa shape index (κ3) is 4.48. The molecule has 0 heterocycles. The zero-order chi connectivity index (χ0) is 14.8. The summed E-state index contributed by atoms with van der Waals surface area (Å²) in [6, 6.07) is 7.37. The summed E-state index contributed by atoms with van der Waals surface area (Å²) in [5, 5.41) is 18.3. The summed E-state index contributed by atoms with van der Waals surface area (Å²) in [5.41, 5.74) is 0.818. The standard InChI is InChI=1S/C16H20N2O2/c1-3-5-7-19-15-9-14(12-18)16(10-13(15)11-17)20-8-6-4-2/h9-10H,3-8H2,1-2H3. The molecule has 0 aliphatic rings. The number of ether oxygens (including phenoxy) is 2. The smallest absolute Gasteiger partial charge is 0.138 e. The Balaban J connectivity index is 2.93. The fraction of sp³-hybridized carbons (Fsp3) is 0.500. The zero-order valence-electron chi connectivity index (χ0n) is 12.1. The Morgan fingerprint density at radius 2 is 1.25 bits per heavy atom. The molecule has 4 nitrogen and oxygen atoms in total. The van der Waals surface area contributed by atoms with E-state index in [1.54, 1.807) is 12.1 Å². The average molecular weight is 272 g/mol. The Morgan fingerprint density at radius 1 is 0.850 bits per heavy atom. The van der Waals surface area contributed by atoms with Gasteiger partial charge in [-0.15, -0.1) is 0 Å². The van der Waals surface area contributed by atoms with Crippen molar-refractivity contribution >= 4 is 0 Å². The van der Waals surface area contributed by atoms with Crippen LogP contribution in [0.4, 0.5) is 0 Å². The number of rotatable bonds is 8. The predicted molar refractivity (Wildman–Crippen MR) is 76.7 cm³/mol. The highest BCUT2D eigenvalue weighted by molar-refractivity contribution is 5.56. The molecule has 0 saturated carbocycles. The van der Waals surface area contributed by atoms with Crippen LogP contribution < -0.4 is 9.47 Å². The molecule has 0 unspecified atom stereocenters. The molecule has 0 atom stereocenters. The number of benzene rings is 1. The molecule has 0 amide bonds. The lowest BCUT2D eigenvalue weighted by atomic mass is 10.1. The lowest BCUT2D eigenvalue weighted by Gasteiger charge is -2.12. The second-order valence-corrected chi connectivity index (χ2v) is 4.47. The van der Waals surface area contributed by atoms with Crippen LogP contribution in [0.25, 0.3) is 0 Å². The fourth-order valence-electron chi connectivity index (χ4n) is 1.63. The number of nitriles is 2. The van der Waals surface area contributed by atoms with Crippen LogP contribution in [-0.2, 0) is 0 Å². The minimum Gasteiger partial charge on any atom is -0.492 e. The van der Waals surface area contributed by atoms with Crippen LogP contribution in [0.3, 0.4) is 0 Å². The third-order valence-electron chi connectivity index (χ3n) is 2.83. The van der Waals surface area contributed by atoms with Gasteiger partial charge in [0, 0.05) is 12.1 Å². The first-order valence-corrected chi connectivity index (χ1v) is 7.00. The van der Waals surface area contributed by atoms with Crippen molar-refractivity contribution in [2.24, 2.45) is 0 Å². The Hall–Kier alpha value is -2.20. The van der Waals surface area contributed by atoms with Crippen molar-refractivity contribution in [3.05, 3.63) is 23.3 Å². The summed E-state index contributed by atoms with van der Waals surface area (Å²) < 4.78 is 11.1. The SMILES string of the molecule is CCCCOc1cc(C#N)c(OCCCC)cc1C#N. The Labute approximate surface area is 120 Å². The molecule has 0 bridgehead atoms. The van der Waals surface area contributed by atoms with E-state index in [0.29, 0.717) is 35.8 Å². The molecule has 0 saturated heterocycles. The monoisotopic (exact) mass is 272 g/mol. The van der Waals surface area contributed by atoms with Crippen molar-refractivity contribution in [3.8, 4) is 23.6 Å². The van der Waals surface area contributed by atoms with Gasteiger partial charge < -0.3 is 9.47 Å². The van der Waals surface area contributed by atoms with Gasteiger partial charge in [-0.2, -0.15) is 10.5 Å². The van der Waals surface area contributed by atoms with Gasteiger partial charge in [0.2, 0.25) is 0 Å². The molecule has 20 heavy (non-hydrogen) atoms. The maximum absolute atomic E-state index is 9.17. The molecule has 0 fully saturated rings. The van der Waals surface area contributed by atoms with Gasteiger partial charge >= 0.3 is 0 Å². The van der Waals surface area contributed by atoms with Crippen LogP contribution in [-0.4, -0.2) is 13.2 Å². The number of hydrogen-bond donors (Lipinski definition) is 0. The molecule has 0 spiro atoms. The molecule has 1 rings (SSSR count). The molecule has 4 heteroatoms. The van der Waals surface area contributed by atoms with Crippen LogP contribution in [0.15, 0.2) is 12.1 Å². The second kappa shape index (κ2) is 8.82. The van der Waals surface area contributed by atoms with Crippen LogP contribution in [0, 0.1) is 22.7 Å². The van der Waals surface area contributed by atoms with Crippen molar-refractivity contribution in [1.82, 2.24) is 0 Å². The summed E-state index contributed by atoms with van der Waals surface area (Å²) >= 11 is 0. The normalized spacial score (nSPS) is 9.60. The number of unbranched alkanes of at least 4 members (excludes halogenated alkanes) is 2. The maximum atomic E-state index is 9.17. The summed E-state index contributed by atoms with van der Waals surface area (Å²) in [6.07, 6.45) is 3.87. The molecule has 1 aromatic carbocycles. The number of nitrogens with zero attached hydrogens (tertiary/aromatic N) is 2. The minimum absolute atomic E-state index is 0.409. The van der Waals surface area contributed by atoms with Crippen molar-refractivity contribution in [1.29, 1.82) is 10.5 Å². The molecule has 0 radical (unpaired) electrons. The van der Waals surface area contributed by atoms with Crippen LogP contribution in [0.1, 0.15) is 50.7 Å². The Bertz CT molecular complexity index is 465. The molecule has 0 aliphatic carbocycles. The van der Waals surface area contributed by atoms with Gasteiger partial charge in [0.15, 0.2) is 0 Å². The topological polar surface area (TPSA) is 66.0 Å². The highest BCUT2D eigenvalue weighted by atomic mass is 16.5. The first-order valence-electron chi connectivity index (χ1n) is 7.00. The van der Waals surface area contributed by atoms with E-state index in [-0.39, 0.29) is 0 Å². The first kappa shape index (κ1) is 15.9. The van der Waals surface area contributed by atoms with E-state index in [9.17, 15) is 0 Å². The largest absolute Gasteiger partial charge is 0.492 e. The van der Waals surface area contributed by atoms with Gasteiger partial charge in [0.25, 0.3) is 0 Å². The Kier molecular flexibility index (Phi) is 7.00. The minimum atomic E-state index is 0.409.